The minimum Gasteiger partial charge on any atom is -0.370 e. The van der Waals surface area contributed by atoms with Gasteiger partial charge in [-0.25, -0.2) is 9.78 Å². The van der Waals surface area contributed by atoms with Gasteiger partial charge in [-0.05, 0) is 16.3 Å². The number of fused-ring (bicyclic) bond motifs is 2. The van der Waals surface area contributed by atoms with Gasteiger partial charge >= 0.3 is 5.69 Å². The molecule has 30 heavy (non-hydrogen) atoms. The highest BCUT2D eigenvalue weighted by Gasteiger charge is 2.23. The number of benzene rings is 2. The lowest BCUT2D eigenvalue weighted by Crippen LogP contribution is -3.12. The quantitative estimate of drug-likeness (QED) is 0.501. The molecule has 0 atom stereocenters. The van der Waals surface area contributed by atoms with Crippen LogP contribution in [0.5, 0.6) is 0 Å². The normalized spacial score (nSPS) is 15.2. The standard InChI is InChI=1S/C22H23N5O3/c1-25-20-19(21(28)24-22(25)29)27(18(23-20)14-26-9-11-30-12-10-26)13-16-7-4-6-15-5-2-3-8-17(15)16/h2-8H,9-14H2,1H3,(H,24,28,29)/p+1. The first kappa shape index (κ1) is 18.8. The Morgan fingerprint density at radius 1 is 1.10 bits per heavy atom. The van der Waals surface area contributed by atoms with E-state index in [0.717, 1.165) is 48.5 Å². The molecule has 154 valence electrons. The Hall–Kier alpha value is -3.23. The molecule has 1 fully saturated rings. The van der Waals surface area contributed by atoms with Gasteiger partial charge in [-0.3, -0.25) is 14.3 Å². The fourth-order valence-electron chi connectivity index (χ4n) is 4.25. The van der Waals surface area contributed by atoms with Crippen LogP contribution in [0.15, 0.2) is 52.1 Å². The second kappa shape index (κ2) is 7.55. The number of H-pyrrole nitrogens is 1. The van der Waals surface area contributed by atoms with Gasteiger partial charge in [-0.2, -0.15) is 0 Å². The minimum atomic E-state index is -0.451. The van der Waals surface area contributed by atoms with Crippen LogP contribution in [0.3, 0.4) is 0 Å². The minimum absolute atomic E-state index is 0.399. The third-order valence-corrected chi connectivity index (χ3v) is 5.90. The van der Waals surface area contributed by atoms with E-state index in [9.17, 15) is 9.59 Å². The van der Waals surface area contributed by atoms with Gasteiger partial charge in [0.05, 0.1) is 19.8 Å². The largest absolute Gasteiger partial charge is 0.370 e. The molecule has 0 aliphatic carbocycles. The number of quaternary nitrogens is 1. The molecule has 0 unspecified atom stereocenters. The topological polar surface area (TPSA) is 86.3 Å². The second-order valence-electron chi connectivity index (χ2n) is 7.78. The number of imidazole rings is 1. The number of hydrogen-bond donors (Lipinski definition) is 2. The maximum absolute atomic E-state index is 12.8. The molecule has 5 rings (SSSR count). The zero-order chi connectivity index (χ0) is 20.7. The fourth-order valence-corrected chi connectivity index (χ4v) is 4.25. The Morgan fingerprint density at radius 2 is 1.87 bits per heavy atom. The van der Waals surface area contributed by atoms with Crippen molar-refractivity contribution in [3.63, 3.8) is 0 Å². The first-order valence-corrected chi connectivity index (χ1v) is 10.2. The molecule has 1 aliphatic rings. The predicted molar refractivity (Wildman–Crippen MR) is 114 cm³/mol. The molecule has 2 N–H and O–H groups in total. The Bertz CT molecular complexity index is 1340. The first-order chi connectivity index (χ1) is 14.6. The van der Waals surface area contributed by atoms with Crippen LogP contribution < -0.4 is 16.1 Å². The number of aryl methyl sites for hydroxylation is 1. The summed E-state index contributed by atoms with van der Waals surface area (Å²) in [4.78, 5) is 33.4. The average Bonchev–Trinajstić information content (AvgIpc) is 3.11. The number of ether oxygens (including phenoxy) is 1. The number of rotatable bonds is 4. The SMILES string of the molecule is Cn1c(=O)[nH]c(=O)c2c1nc(C[NH+]1CCOCC1)n2Cc1cccc2ccccc12. The molecule has 4 aromatic rings. The lowest BCUT2D eigenvalue weighted by Gasteiger charge is -2.23. The Kier molecular flexibility index (Phi) is 4.72. The molecule has 1 saturated heterocycles. The van der Waals surface area contributed by atoms with E-state index in [1.54, 1.807) is 7.05 Å². The lowest BCUT2D eigenvalue weighted by atomic mass is 10.0. The summed E-state index contributed by atoms with van der Waals surface area (Å²) < 4.78 is 8.86. The van der Waals surface area contributed by atoms with Crippen molar-refractivity contribution in [2.24, 2.45) is 7.05 Å². The van der Waals surface area contributed by atoms with Crippen molar-refractivity contribution in [2.75, 3.05) is 26.3 Å². The summed E-state index contributed by atoms with van der Waals surface area (Å²) in [5, 5.41) is 2.30. The van der Waals surface area contributed by atoms with E-state index in [1.807, 2.05) is 22.8 Å². The van der Waals surface area contributed by atoms with Crippen molar-refractivity contribution in [3.8, 4) is 0 Å². The van der Waals surface area contributed by atoms with E-state index in [0.29, 0.717) is 24.3 Å². The van der Waals surface area contributed by atoms with Crippen molar-refractivity contribution in [1.29, 1.82) is 0 Å². The van der Waals surface area contributed by atoms with E-state index in [4.69, 9.17) is 9.72 Å². The van der Waals surface area contributed by atoms with Gasteiger partial charge < -0.3 is 14.2 Å². The van der Waals surface area contributed by atoms with E-state index < -0.39 is 11.2 Å². The van der Waals surface area contributed by atoms with Crippen LogP contribution in [0, 0.1) is 0 Å². The highest BCUT2D eigenvalue weighted by atomic mass is 16.5. The monoisotopic (exact) mass is 406 g/mol. The van der Waals surface area contributed by atoms with Crippen LogP contribution in [-0.4, -0.2) is 45.4 Å². The van der Waals surface area contributed by atoms with Crippen LogP contribution >= 0.6 is 0 Å². The van der Waals surface area contributed by atoms with Crippen LogP contribution in [-0.2, 0) is 24.9 Å². The third-order valence-electron chi connectivity index (χ3n) is 5.90. The van der Waals surface area contributed by atoms with E-state index in [2.05, 4.69) is 29.2 Å². The summed E-state index contributed by atoms with van der Waals surface area (Å²) in [6.45, 7) is 4.42. The Labute approximate surface area is 172 Å². The van der Waals surface area contributed by atoms with Crippen LogP contribution in [0.1, 0.15) is 11.4 Å². The van der Waals surface area contributed by atoms with Crippen LogP contribution in [0.4, 0.5) is 0 Å². The zero-order valence-corrected chi connectivity index (χ0v) is 16.9. The van der Waals surface area contributed by atoms with Crippen molar-refractivity contribution in [2.45, 2.75) is 13.1 Å². The van der Waals surface area contributed by atoms with Gasteiger partial charge in [0.1, 0.15) is 19.6 Å². The number of nitrogens with one attached hydrogen (secondary N) is 2. The highest BCUT2D eigenvalue weighted by molar-refractivity contribution is 5.85. The summed E-state index contributed by atoms with van der Waals surface area (Å²) in [5.74, 6) is 0.807. The van der Waals surface area contributed by atoms with Gasteiger partial charge in [0, 0.05) is 7.05 Å². The summed E-state index contributed by atoms with van der Waals surface area (Å²) in [6, 6.07) is 14.4. The summed E-state index contributed by atoms with van der Waals surface area (Å²) in [6.07, 6.45) is 0. The molecule has 0 amide bonds. The Balaban J connectivity index is 1.68. The van der Waals surface area contributed by atoms with Crippen LogP contribution in [0.2, 0.25) is 0 Å². The molecule has 2 aromatic carbocycles. The third kappa shape index (κ3) is 3.24. The number of nitrogens with zero attached hydrogens (tertiary/aromatic N) is 3. The molecule has 8 nitrogen and oxygen atoms in total. The number of morpholine rings is 1. The number of aromatic amines is 1. The molecule has 1 aliphatic heterocycles. The van der Waals surface area contributed by atoms with Crippen molar-refractivity contribution in [3.05, 3.63) is 74.7 Å². The van der Waals surface area contributed by atoms with E-state index >= 15 is 0 Å². The highest BCUT2D eigenvalue weighted by Crippen LogP contribution is 2.21. The van der Waals surface area contributed by atoms with E-state index in [1.165, 1.54) is 9.47 Å². The fraction of sp³-hybridized carbons (Fsp3) is 0.318. The summed E-state index contributed by atoms with van der Waals surface area (Å²) in [7, 11) is 1.64. The Morgan fingerprint density at radius 3 is 2.70 bits per heavy atom. The summed E-state index contributed by atoms with van der Waals surface area (Å²) in [5.41, 5.74) is 1.12. The van der Waals surface area contributed by atoms with Crippen molar-refractivity contribution in [1.82, 2.24) is 19.1 Å². The lowest BCUT2D eigenvalue weighted by molar-refractivity contribution is -0.922. The molecule has 3 heterocycles. The van der Waals surface area contributed by atoms with Gasteiger partial charge in [0.2, 0.25) is 0 Å². The van der Waals surface area contributed by atoms with Gasteiger partial charge in [-0.15, -0.1) is 0 Å². The molecule has 0 saturated carbocycles. The average molecular weight is 406 g/mol. The molecule has 0 spiro atoms. The van der Waals surface area contributed by atoms with Gasteiger partial charge in [0.25, 0.3) is 5.56 Å². The van der Waals surface area contributed by atoms with Crippen molar-refractivity contribution >= 4 is 21.9 Å². The molecule has 8 heteroatoms. The maximum Gasteiger partial charge on any atom is 0.329 e. The first-order valence-electron chi connectivity index (χ1n) is 10.2. The number of hydrogen-bond acceptors (Lipinski definition) is 4. The molecule has 0 radical (unpaired) electrons. The molecule has 0 bridgehead atoms. The molecular formula is C22H24N5O3+. The molecule has 2 aromatic heterocycles. The zero-order valence-electron chi connectivity index (χ0n) is 16.9. The van der Waals surface area contributed by atoms with Crippen molar-refractivity contribution < 1.29 is 9.64 Å². The maximum atomic E-state index is 12.8. The van der Waals surface area contributed by atoms with E-state index in [-0.39, 0.29) is 0 Å². The van der Waals surface area contributed by atoms with Crippen LogP contribution in [0.25, 0.3) is 21.9 Å². The summed E-state index contributed by atoms with van der Waals surface area (Å²) >= 11 is 0. The van der Waals surface area contributed by atoms with Gasteiger partial charge in [-0.1, -0.05) is 42.5 Å². The number of aromatic nitrogens is 4. The predicted octanol–water partition coefficient (Wildman–Crippen LogP) is 0.0399. The van der Waals surface area contributed by atoms with Gasteiger partial charge in [0.15, 0.2) is 17.0 Å². The smallest absolute Gasteiger partial charge is 0.329 e. The molecular weight excluding hydrogens is 382 g/mol. The second-order valence-corrected chi connectivity index (χ2v) is 7.78.